The summed E-state index contributed by atoms with van der Waals surface area (Å²) in [5.74, 6) is 1.06. The number of hydrogen-bond donors (Lipinski definition) is 0. The summed E-state index contributed by atoms with van der Waals surface area (Å²) in [6.45, 7) is 10.6. The molecule has 1 heterocycles. The first-order chi connectivity index (χ1) is 8.55. The number of rotatable bonds is 3. The number of morpholine rings is 1. The lowest BCUT2D eigenvalue weighted by atomic mass is 9.87. The Balaban J connectivity index is 1.86. The van der Waals surface area contributed by atoms with Crippen LogP contribution in [0.1, 0.15) is 31.9 Å². The first-order valence-electron chi connectivity index (χ1n) is 6.61. The fraction of sp³-hybridized carbons (Fsp3) is 0.600. The Morgan fingerprint density at radius 3 is 2.28 bits per heavy atom. The molecule has 1 aliphatic heterocycles. The Morgan fingerprint density at radius 2 is 1.72 bits per heavy atom. The molecule has 0 atom stereocenters. The molecule has 1 aromatic carbocycles. The second-order valence-corrected chi connectivity index (χ2v) is 6.83. The maximum Gasteiger partial charge on any atom is 0.0603 e. The maximum absolute atomic E-state index is 5.35. The van der Waals surface area contributed by atoms with Gasteiger partial charge in [0.2, 0.25) is 0 Å². The minimum Gasteiger partial charge on any atom is -0.379 e. The van der Waals surface area contributed by atoms with Gasteiger partial charge >= 0.3 is 0 Å². The van der Waals surface area contributed by atoms with Gasteiger partial charge in [-0.25, -0.2) is 4.31 Å². The highest BCUT2D eigenvalue weighted by atomic mass is 32.2. The van der Waals surface area contributed by atoms with Gasteiger partial charge in [0, 0.05) is 18.8 Å². The van der Waals surface area contributed by atoms with Gasteiger partial charge in [0.1, 0.15) is 0 Å². The van der Waals surface area contributed by atoms with Crippen molar-refractivity contribution in [1.82, 2.24) is 4.31 Å². The van der Waals surface area contributed by atoms with Crippen molar-refractivity contribution in [2.75, 3.05) is 26.3 Å². The minimum absolute atomic E-state index is 0.246. The Hall–Kier alpha value is -0.510. The van der Waals surface area contributed by atoms with Crippen LogP contribution < -0.4 is 0 Å². The molecule has 0 aliphatic carbocycles. The minimum atomic E-state index is 0.246. The van der Waals surface area contributed by atoms with Crippen molar-refractivity contribution in [2.45, 2.75) is 31.9 Å². The summed E-state index contributed by atoms with van der Waals surface area (Å²) < 4.78 is 7.75. The molecule has 0 unspecified atom stereocenters. The predicted molar refractivity (Wildman–Crippen MR) is 78.8 cm³/mol. The van der Waals surface area contributed by atoms with E-state index >= 15 is 0 Å². The van der Waals surface area contributed by atoms with Gasteiger partial charge in [0.05, 0.1) is 13.2 Å². The standard InChI is InChI=1S/C15H23NOS/c1-15(2,3)14-6-4-13(5-7-14)12-18-16-8-10-17-11-9-16/h4-7H,8-12H2,1-3H3. The van der Waals surface area contributed by atoms with Crippen molar-refractivity contribution in [3.8, 4) is 0 Å². The molecular weight excluding hydrogens is 242 g/mol. The van der Waals surface area contributed by atoms with E-state index in [4.69, 9.17) is 4.74 Å². The van der Waals surface area contributed by atoms with Gasteiger partial charge in [0.15, 0.2) is 0 Å². The normalized spacial score (nSPS) is 17.9. The Kier molecular flexibility index (Phi) is 4.71. The largest absolute Gasteiger partial charge is 0.379 e. The summed E-state index contributed by atoms with van der Waals surface area (Å²) in [5.41, 5.74) is 3.05. The average molecular weight is 265 g/mol. The molecule has 0 radical (unpaired) electrons. The van der Waals surface area contributed by atoms with Crippen LogP contribution in [0.5, 0.6) is 0 Å². The number of ether oxygens (including phenoxy) is 1. The van der Waals surface area contributed by atoms with E-state index in [1.807, 2.05) is 11.9 Å². The van der Waals surface area contributed by atoms with E-state index in [2.05, 4.69) is 49.3 Å². The summed E-state index contributed by atoms with van der Waals surface area (Å²) in [6.07, 6.45) is 0. The van der Waals surface area contributed by atoms with Gasteiger partial charge in [-0.3, -0.25) is 0 Å². The van der Waals surface area contributed by atoms with E-state index < -0.39 is 0 Å². The quantitative estimate of drug-likeness (QED) is 0.777. The van der Waals surface area contributed by atoms with Crippen LogP contribution in [0.2, 0.25) is 0 Å². The van der Waals surface area contributed by atoms with E-state index in [-0.39, 0.29) is 5.41 Å². The molecule has 0 amide bonds. The van der Waals surface area contributed by atoms with Crippen molar-refractivity contribution < 1.29 is 4.74 Å². The molecule has 1 saturated heterocycles. The molecule has 0 aromatic heterocycles. The zero-order valence-corrected chi connectivity index (χ0v) is 12.4. The lowest BCUT2D eigenvalue weighted by Gasteiger charge is -2.25. The molecule has 2 rings (SSSR count). The van der Waals surface area contributed by atoms with Crippen molar-refractivity contribution in [2.24, 2.45) is 0 Å². The molecule has 1 aliphatic rings. The van der Waals surface area contributed by atoms with Crippen LogP contribution in [-0.4, -0.2) is 30.6 Å². The summed E-state index contributed by atoms with van der Waals surface area (Å²) in [4.78, 5) is 0. The van der Waals surface area contributed by atoms with Gasteiger partial charge in [0.25, 0.3) is 0 Å². The van der Waals surface area contributed by atoms with Crippen molar-refractivity contribution >= 4 is 11.9 Å². The second kappa shape index (κ2) is 6.09. The third kappa shape index (κ3) is 4.01. The SMILES string of the molecule is CC(C)(C)c1ccc(CSN2CCOCC2)cc1. The monoisotopic (exact) mass is 265 g/mol. The smallest absolute Gasteiger partial charge is 0.0603 e. The van der Waals surface area contributed by atoms with Gasteiger partial charge in [-0.05, 0) is 16.5 Å². The summed E-state index contributed by atoms with van der Waals surface area (Å²) >= 11 is 1.92. The molecule has 0 N–H and O–H groups in total. The summed E-state index contributed by atoms with van der Waals surface area (Å²) in [7, 11) is 0. The first-order valence-corrected chi connectivity index (χ1v) is 7.55. The Morgan fingerprint density at radius 1 is 1.11 bits per heavy atom. The molecule has 1 fully saturated rings. The van der Waals surface area contributed by atoms with E-state index in [0.717, 1.165) is 32.1 Å². The molecule has 100 valence electrons. The van der Waals surface area contributed by atoms with Crippen LogP contribution in [0, 0.1) is 0 Å². The van der Waals surface area contributed by atoms with Crippen molar-refractivity contribution in [3.63, 3.8) is 0 Å². The van der Waals surface area contributed by atoms with Gasteiger partial charge in [-0.2, -0.15) is 0 Å². The van der Waals surface area contributed by atoms with Gasteiger partial charge in [-0.1, -0.05) is 57.0 Å². The predicted octanol–water partition coefficient (Wildman–Crippen LogP) is 3.46. The van der Waals surface area contributed by atoms with Crippen LogP contribution in [0.4, 0.5) is 0 Å². The summed E-state index contributed by atoms with van der Waals surface area (Å²) in [6, 6.07) is 9.03. The van der Waals surface area contributed by atoms with E-state index in [1.165, 1.54) is 11.1 Å². The fourth-order valence-corrected chi connectivity index (χ4v) is 2.87. The third-order valence-corrected chi connectivity index (χ3v) is 4.40. The van der Waals surface area contributed by atoms with Crippen LogP contribution >= 0.6 is 11.9 Å². The molecule has 0 bridgehead atoms. The average Bonchev–Trinajstić information content (AvgIpc) is 2.37. The van der Waals surface area contributed by atoms with Gasteiger partial charge in [-0.15, -0.1) is 0 Å². The second-order valence-electron chi connectivity index (χ2n) is 5.76. The van der Waals surface area contributed by atoms with E-state index in [9.17, 15) is 0 Å². The Bertz CT molecular complexity index is 363. The highest BCUT2D eigenvalue weighted by molar-refractivity contribution is 7.96. The molecule has 0 spiro atoms. The van der Waals surface area contributed by atoms with Crippen LogP contribution in [0.15, 0.2) is 24.3 Å². The lowest BCUT2D eigenvalue weighted by Crippen LogP contribution is -2.31. The molecule has 3 heteroatoms. The molecule has 0 saturated carbocycles. The van der Waals surface area contributed by atoms with E-state index in [1.54, 1.807) is 0 Å². The lowest BCUT2D eigenvalue weighted by molar-refractivity contribution is 0.0773. The number of nitrogens with zero attached hydrogens (tertiary/aromatic N) is 1. The molecule has 18 heavy (non-hydrogen) atoms. The highest BCUT2D eigenvalue weighted by Gasteiger charge is 2.13. The maximum atomic E-state index is 5.35. The van der Waals surface area contributed by atoms with Gasteiger partial charge < -0.3 is 4.74 Å². The zero-order chi connectivity index (χ0) is 13.0. The van der Waals surface area contributed by atoms with E-state index in [0.29, 0.717) is 0 Å². The van der Waals surface area contributed by atoms with Crippen LogP contribution in [-0.2, 0) is 15.9 Å². The van der Waals surface area contributed by atoms with Crippen molar-refractivity contribution in [3.05, 3.63) is 35.4 Å². The Labute approximate surface area is 115 Å². The van der Waals surface area contributed by atoms with Crippen LogP contribution in [0.25, 0.3) is 0 Å². The first kappa shape index (κ1) is 13.9. The number of benzene rings is 1. The number of hydrogen-bond acceptors (Lipinski definition) is 3. The third-order valence-electron chi connectivity index (χ3n) is 3.20. The zero-order valence-electron chi connectivity index (χ0n) is 11.6. The fourth-order valence-electron chi connectivity index (χ4n) is 1.94. The highest BCUT2D eigenvalue weighted by Crippen LogP contribution is 2.24. The summed E-state index contributed by atoms with van der Waals surface area (Å²) in [5, 5.41) is 0. The van der Waals surface area contributed by atoms with Crippen molar-refractivity contribution in [1.29, 1.82) is 0 Å². The molecule has 2 nitrogen and oxygen atoms in total. The molecule has 1 aromatic rings. The van der Waals surface area contributed by atoms with Crippen LogP contribution in [0.3, 0.4) is 0 Å². The molecular formula is C15H23NOS. The topological polar surface area (TPSA) is 12.5 Å².